The molecule has 2 N–H and O–H groups in total. The van der Waals surface area contributed by atoms with Crippen molar-refractivity contribution >= 4 is 5.96 Å². The van der Waals surface area contributed by atoms with Gasteiger partial charge in [-0.25, -0.2) is 4.99 Å². The van der Waals surface area contributed by atoms with Gasteiger partial charge in [0.05, 0.1) is 26.4 Å². The van der Waals surface area contributed by atoms with Gasteiger partial charge in [0.15, 0.2) is 5.96 Å². The number of aliphatic imine (C=N–C) groups is 1. The molecule has 1 unspecified atom stereocenters. The molecule has 1 aromatic rings. The second-order valence-corrected chi connectivity index (χ2v) is 6.62. The third kappa shape index (κ3) is 6.50. The van der Waals surface area contributed by atoms with E-state index in [1.165, 1.54) is 5.56 Å². The highest BCUT2D eigenvalue weighted by molar-refractivity contribution is 5.79. The van der Waals surface area contributed by atoms with Crippen molar-refractivity contribution in [3.05, 3.63) is 29.3 Å². The van der Waals surface area contributed by atoms with Crippen molar-refractivity contribution in [1.82, 2.24) is 15.5 Å². The van der Waals surface area contributed by atoms with Crippen molar-refractivity contribution in [2.24, 2.45) is 4.99 Å². The fourth-order valence-corrected chi connectivity index (χ4v) is 2.98. The Bertz CT molecular complexity index is 571. The first kappa shape index (κ1) is 20.5. The zero-order chi connectivity index (χ0) is 18.8. The predicted molar refractivity (Wildman–Crippen MR) is 107 cm³/mol. The molecule has 0 saturated carbocycles. The topological polar surface area (TPSA) is 58.1 Å². The number of nitrogens with one attached hydrogen (secondary N) is 2. The van der Waals surface area contributed by atoms with Gasteiger partial charge in [0.2, 0.25) is 0 Å². The van der Waals surface area contributed by atoms with Gasteiger partial charge >= 0.3 is 0 Å². The summed E-state index contributed by atoms with van der Waals surface area (Å²) < 4.78 is 11.2. The smallest absolute Gasteiger partial charge is 0.191 e. The Morgan fingerprint density at radius 2 is 2.04 bits per heavy atom. The Morgan fingerprint density at radius 3 is 2.73 bits per heavy atom. The monoisotopic (exact) mass is 362 g/mol. The Hall–Kier alpha value is -1.79. The van der Waals surface area contributed by atoms with E-state index < -0.39 is 0 Å². The van der Waals surface area contributed by atoms with E-state index in [2.05, 4.69) is 54.5 Å². The minimum atomic E-state index is 0.445. The van der Waals surface area contributed by atoms with E-state index in [0.717, 1.165) is 56.7 Å². The van der Waals surface area contributed by atoms with Crippen molar-refractivity contribution < 1.29 is 9.47 Å². The zero-order valence-corrected chi connectivity index (χ0v) is 16.7. The Morgan fingerprint density at radius 1 is 1.27 bits per heavy atom. The first-order valence-electron chi connectivity index (χ1n) is 9.70. The first-order chi connectivity index (χ1) is 12.6. The average molecular weight is 363 g/mol. The van der Waals surface area contributed by atoms with Gasteiger partial charge in [0, 0.05) is 37.8 Å². The molecule has 6 nitrogen and oxygen atoms in total. The number of hydrogen-bond acceptors (Lipinski definition) is 4. The fraction of sp³-hybridized carbons (Fsp3) is 0.650. The molecule has 0 aromatic heterocycles. The second-order valence-electron chi connectivity index (χ2n) is 6.62. The Labute approximate surface area is 158 Å². The SMILES string of the molecule is CCNC(=NCc1ccc(C)cc1OCC)NCC(C)N1CCOCC1. The molecule has 1 aromatic carbocycles. The van der Waals surface area contributed by atoms with Crippen LogP contribution in [-0.2, 0) is 11.3 Å². The van der Waals surface area contributed by atoms with Crippen LogP contribution in [0.2, 0.25) is 0 Å². The van der Waals surface area contributed by atoms with Gasteiger partial charge in [-0.3, -0.25) is 4.90 Å². The summed E-state index contributed by atoms with van der Waals surface area (Å²) in [6.07, 6.45) is 0. The van der Waals surface area contributed by atoms with Crippen LogP contribution in [0.1, 0.15) is 31.9 Å². The van der Waals surface area contributed by atoms with Crippen LogP contribution in [0.25, 0.3) is 0 Å². The first-order valence-corrected chi connectivity index (χ1v) is 9.70. The lowest BCUT2D eigenvalue weighted by Gasteiger charge is -2.32. The molecule has 1 fully saturated rings. The Balaban J connectivity index is 1.95. The maximum absolute atomic E-state index is 5.76. The van der Waals surface area contributed by atoms with Gasteiger partial charge in [-0.2, -0.15) is 0 Å². The highest BCUT2D eigenvalue weighted by Gasteiger charge is 2.17. The van der Waals surface area contributed by atoms with E-state index in [9.17, 15) is 0 Å². The molecule has 1 aliphatic rings. The van der Waals surface area contributed by atoms with Crippen molar-refractivity contribution in [2.75, 3.05) is 46.0 Å². The van der Waals surface area contributed by atoms with Crippen LogP contribution in [0.15, 0.2) is 23.2 Å². The normalized spacial score (nSPS) is 17.0. The fourth-order valence-electron chi connectivity index (χ4n) is 2.98. The molecule has 1 aliphatic heterocycles. The van der Waals surface area contributed by atoms with Gasteiger partial charge in [0.1, 0.15) is 5.75 Å². The molecule has 6 heteroatoms. The summed E-state index contributed by atoms with van der Waals surface area (Å²) in [4.78, 5) is 7.20. The highest BCUT2D eigenvalue weighted by atomic mass is 16.5. The summed E-state index contributed by atoms with van der Waals surface area (Å²) in [5.41, 5.74) is 2.31. The lowest BCUT2D eigenvalue weighted by Crippen LogP contribution is -2.49. The maximum atomic E-state index is 5.76. The van der Waals surface area contributed by atoms with E-state index in [0.29, 0.717) is 19.2 Å². The minimum absolute atomic E-state index is 0.445. The standard InChI is InChI=1S/C20H34N4O2/c1-5-21-20(22-14-17(4)24-9-11-25-12-10-24)23-15-18-8-7-16(3)13-19(18)26-6-2/h7-8,13,17H,5-6,9-12,14-15H2,1-4H3,(H2,21,22,23). The van der Waals surface area contributed by atoms with E-state index in [1.807, 2.05) is 6.92 Å². The van der Waals surface area contributed by atoms with Crippen LogP contribution in [0.3, 0.4) is 0 Å². The maximum Gasteiger partial charge on any atom is 0.191 e. The zero-order valence-electron chi connectivity index (χ0n) is 16.7. The second kappa shape index (κ2) is 11.0. The number of aryl methyl sites for hydroxylation is 1. The number of morpholine rings is 1. The summed E-state index contributed by atoms with van der Waals surface area (Å²) in [5.74, 6) is 1.77. The van der Waals surface area contributed by atoms with Crippen LogP contribution < -0.4 is 15.4 Å². The van der Waals surface area contributed by atoms with Crippen LogP contribution in [0.5, 0.6) is 5.75 Å². The minimum Gasteiger partial charge on any atom is -0.494 e. The van der Waals surface area contributed by atoms with Crippen LogP contribution in [-0.4, -0.2) is 62.9 Å². The summed E-state index contributed by atoms with van der Waals surface area (Å²) in [5, 5.41) is 6.80. The van der Waals surface area contributed by atoms with E-state index in [1.54, 1.807) is 0 Å². The molecule has 26 heavy (non-hydrogen) atoms. The molecule has 0 aliphatic carbocycles. The molecular formula is C20H34N4O2. The number of hydrogen-bond donors (Lipinski definition) is 2. The molecule has 0 spiro atoms. The predicted octanol–water partition coefficient (Wildman–Crippen LogP) is 2.17. The van der Waals surface area contributed by atoms with E-state index in [-0.39, 0.29) is 0 Å². The van der Waals surface area contributed by atoms with Gasteiger partial charge in [0.25, 0.3) is 0 Å². The van der Waals surface area contributed by atoms with E-state index >= 15 is 0 Å². The lowest BCUT2D eigenvalue weighted by molar-refractivity contribution is 0.0211. The van der Waals surface area contributed by atoms with Gasteiger partial charge < -0.3 is 20.1 Å². The molecule has 1 atom stereocenters. The molecule has 1 heterocycles. The van der Waals surface area contributed by atoms with Crippen molar-refractivity contribution in [3.8, 4) is 5.75 Å². The molecule has 1 saturated heterocycles. The molecular weight excluding hydrogens is 328 g/mol. The summed E-state index contributed by atoms with van der Waals surface area (Å²) >= 11 is 0. The molecule has 0 amide bonds. The van der Waals surface area contributed by atoms with Crippen molar-refractivity contribution in [1.29, 1.82) is 0 Å². The average Bonchev–Trinajstić information content (AvgIpc) is 2.66. The summed E-state index contributed by atoms with van der Waals surface area (Å²) in [6, 6.07) is 6.73. The van der Waals surface area contributed by atoms with Crippen LogP contribution in [0.4, 0.5) is 0 Å². The third-order valence-electron chi connectivity index (χ3n) is 4.51. The lowest BCUT2D eigenvalue weighted by atomic mass is 10.1. The largest absolute Gasteiger partial charge is 0.494 e. The number of ether oxygens (including phenoxy) is 2. The molecule has 2 rings (SSSR count). The van der Waals surface area contributed by atoms with Gasteiger partial charge in [-0.15, -0.1) is 0 Å². The third-order valence-corrected chi connectivity index (χ3v) is 4.51. The molecule has 0 bridgehead atoms. The molecule has 0 radical (unpaired) electrons. The number of nitrogens with zero attached hydrogens (tertiary/aromatic N) is 2. The van der Waals surface area contributed by atoms with Crippen molar-refractivity contribution in [3.63, 3.8) is 0 Å². The van der Waals surface area contributed by atoms with Gasteiger partial charge in [-0.1, -0.05) is 12.1 Å². The Kier molecular flexibility index (Phi) is 8.71. The quantitative estimate of drug-likeness (QED) is 0.548. The van der Waals surface area contributed by atoms with Crippen LogP contribution >= 0.6 is 0 Å². The number of guanidine groups is 1. The summed E-state index contributed by atoms with van der Waals surface area (Å²) in [6.45, 7) is 15.0. The van der Waals surface area contributed by atoms with E-state index in [4.69, 9.17) is 14.5 Å². The molecule has 146 valence electrons. The highest BCUT2D eigenvalue weighted by Crippen LogP contribution is 2.21. The number of benzene rings is 1. The number of rotatable bonds is 8. The van der Waals surface area contributed by atoms with Gasteiger partial charge in [-0.05, 0) is 39.3 Å². The van der Waals surface area contributed by atoms with Crippen molar-refractivity contribution in [2.45, 2.75) is 40.3 Å². The summed E-state index contributed by atoms with van der Waals surface area (Å²) in [7, 11) is 0. The van der Waals surface area contributed by atoms with Crippen LogP contribution in [0, 0.1) is 6.92 Å².